The minimum atomic E-state index is -0.480. The van der Waals surface area contributed by atoms with Crippen LogP contribution in [0.5, 0.6) is 0 Å². The van der Waals surface area contributed by atoms with Gasteiger partial charge in [0.05, 0.1) is 11.1 Å². The van der Waals surface area contributed by atoms with Crippen LogP contribution in [-0.4, -0.2) is 17.0 Å². The van der Waals surface area contributed by atoms with E-state index in [2.05, 4.69) is 10.5 Å². The summed E-state index contributed by atoms with van der Waals surface area (Å²) in [5.41, 5.74) is 3.47. The molecule has 1 N–H and O–H groups in total. The van der Waals surface area contributed by atoms with Gasteiger partial charge in [0.2, 0.25) is 0 Å². The molecule has 0 unspecified atom stereocenters. The van der Waals surface area contributed by atoms with E-state index in [9.17, 15) is 14.9 Å². The Morgan fingerprint density at radius 1 is 1.04 bits per heavy atom. The predicted molar refractivity (Wildman–Crippen MR) is 92.1 cm³/mol. The minimum Gasteiger partial charge on any atom is -0.267 e. The molecule has 0 radical (unpaired) electrons. The molecule has 0 heterocycles. The standard InChI is InChI=1S/C18H13N3O3/c22-18(17-10-4-7-14-6-1-2-9-16(14)17)20-19-12-13-5-3-8-15(11-13)21(23)24/h1-12H,(H,20,22)/b19-12-. The predicted octanol–water partition coefficient (Wildman–Crippen LogP) is 3.51. The zero-order valence-corrected chi connectivity index (χ0v) is 12.5. The van der Waals surface area contributed by atoms with Crippen LogP contribution >= 0.6 is 0 Å². The van der Waals surface area contributed by atoms with Gasteiger partial charge in [-0.2, -0.15) is 5.10 Å². The van der Waals surface area contributed by atoms with Gasteiger partial charge in [-0.1, -0.05) is 48.5 Å². The summed E-state index contributed by atoms with van der Waals surface area (Å²) in [7, 11) is 0. The summed E-state index contributed by atoms with van der Waals surface area (Å²) in [6, 6.07) is 19.0. The second-order valence-corrected chi connectivity index (χ2v) is 5.08. The number of carbonyl (C=O) groups excluding carboxylic acids is 1. The van der Waals surface area contributed by atoms with Crippen LogP contribution in [0.4, 0.5) is 5.69 Å². The Balaban J connectivity index is 1.78. The van der Waals surface area contributed by atoms with Crippen LogP contribution in [-0.2, 0) is 0 Å². The van der Waals surface area contributed by atoms with Gasteiger partial charge < -0.3 is 0 Å². The first-order valence-electron chi connectivity index (χ1n) is 7.21. The highest BCUT2D eigenvalue weighted by atomic mass is 16.6. The molecule has 0 fully saturated rings. The van der Waals surface area contributed by atoms with Crippen molar-refractivity contribution in [3.63, 3.8) is 0 Å². The Hall–Kier alpha value is -3.54. The molecule has 118 valence electrons. The highest BCUT2D eigenvalue weighted by molar-refractivity contribution is 6.07. The number of nitrogens with one attached hydrogen (secondary N) is 1. The van der Waals surface area contributed by atoms with E-state index < -0.39 is 4.92 Å². The summed E-state index contributed by atoms with van der Waals surface area (Å²) >= 11 is 0. The molecule has 6 heteroatoms. The molecule has 0 aromatic heterocycles. The molecule has 0 aliphatic rings. The number of hydrogen-bond donors (Lipinski definition) is 1. The number of fused-ring (bicyclic) bond motifs is 1. The average Bonchev–Trinajstić information content (AvgIpc) is 2.61. The van der Waals surface area contributed by atoms with Crippen LogP contribution in [0.15, 0.2) is 71.8 Å². The van der Waals surface area contributed by atoms with E-state index in [1.165, 1.54) is 18.3 Å². The number of hydrogen-bond acceptors (Lipinski definition) is 4. The normalized spacial score (nSPS) is 10.8. The second-order valence-electron chi connectivity index (χ2n) is 5.08. The number of nitrogens with zero attached hydrogens (tertiary/aromatic N) is 2. The van der Waals surface area contributed by atoms with E-state index in [0.29, 0.717) is 11.1 Å². The van der Waals surface area contributed by atoms with Crippen molar-refractivity contribution in [3.8, 4) is 0 Å². The molecule has 1 amide bonds. The van der Waals surface area contributed by atoms with Crippen molar-refractivity contribution in [2.75, 3.05) is 0 Å². The van der Waals surface area contributed by atoms with Gasteiger partial charge in [-0.15, -0.1) is 0 Å². The molecule has 6 nitrogen and oxygen atoms in total. The molecule has 0 atom stereocenters. The van der Waals surface area contributed by atoms with Crippen LogP contribution in [0.25, 0.3) is 10.8 Å². The third-order valence-electron chi connectivity index (χ3n) is 3.50. The summed E-state index contributed by atoms with van der Waals surface area (Å²) in [4.78, 5) is 22.5. The maximum atomic E-state index is 12.3. The molecule has 0 saturated heterocycles. The number of hydrazone groups is 1. The first-order valence-corrected chi connectivity index (χ1v) is 7.21. The highest BCUT2D eigenvalue weighted by Gasteiger charge is 2.08. The van der Waals surface area contributed by atoms with Gasteiger partial charge in [-0.25, -0.2) is 5.43 Å². The third-order valence-corrected chi connectivity index (χ3v) is 3.50. The maximum absolute atomic E-state index is 12.3. The van der Waals surface area contributed by atoms with Crippen LogP contribution in [0.3, 0.4) is 0 Å². The van der Waals surface area contributed by atoms with Crippen LogP contribution in [0, 0.1) is 10.1 Å². The Labute approximate surface area is 137 Å². The second kappa shape index (κ2) is 6.70. The van der Waals surface area contributed by atoms with Crippen molar-refractivity contribution in [3.05, 3.63) is 88.0 Å². The number of nitro groups is 1. The van der Waals surface area contributed by atoms with Crippen molar-refractivity contribution in [2.45, 2.75) is 0 Å². The monoisotopic (exact) mass is 319 g/mol. The fourth-order valence-corrected chi connectivity index (χ4v) is 2.37. The lowest BCUT2D eigenvalue weighted by Crippen LogP contribution is -2.17. The average molecular weight is 319 g/mol. The van der Waals surface area contributed by atoms with E-state index >= 15 is 0 Å². The highest BCUT2D eigenvalue weighted by Crippen LogP contribution is 2.18. The van der Waals surface area contributed by atoms with Crippen molar-refractivity contribution in [1.82, 2.24) is 5.43 Å². The van der Waals surface area contributed by atoms with Gasteiger partial charge in [0.25, 0.3) is 11.6 Å². The molecule has 0 spiro atoms. The summed E-state index contributed by atoms with van der Waals surface area (Å²) < 4.78 is 0. The van der Waals surface area contributed by atoms with Crippen LogP contribution < -0.4 is 5.43 Å². The van der Waals surface area contributed by atoms with Crippen LogP contribution in [0.1, 0.15) is 15.9 Å². The first-order chi connectivity index (χ1) is 11.6. The molecule has 0 aliphatic carbocycles. The van der Waals surface area contributed by atoms with Crippen LogP contribution in [0.2, 0.25) is 0 Å². The van der Waals surface area contributed by atoms with E-state index in [1.807, 2.05) is 36.4 Å². The third kappa shape index (κ3) is 3.27. The lowest BCUT2D eigenvalue weighted by molar-refractivity contribution is -0.384. The zero-order valence-electron chi connectivity index (χ0n) is 12.5. The van der Waals surface area contributed by atoms with Gasteiger partial charge in [-0.3, -0.25) is 14.9 Å². The number of rotatable bonds is 4. The Morgan fingerprint density at radius 2 is 1.79 bits per heavy atom. The van der Waals surface area contributed by atoms with Gasteiger partial charge in [0.15, 0.2) is 0 Å². The van der Waals surface area contributed by atoms with Gasteiger partial charge in [0.1, 0.15) is 0 Å². The number of nitro benzene ring substituents is 1. The fourth-order valence-electron chi connectivity index (χ4n) is 2.37. The van der Waals surface area contributed by atoms with Gasteiger partial charge in [-0.05, 0) is 16.8 Å². The Kier molecular flexibility index (Phi) is 4.29. The molecule has 24 heavy (non-hydrogen) atoms. The van der Waals surface area contributed by atoms with E-state index in [0.717, 1.165) is 10.8 Å². The molecule has 3 aromatic carbocycles. The lowest BCUT2D eigenvalue weighted by Gasteiger charge is -2.04. The minimum absolute atomic E-state index is 0.0284. The number of benzene rings is 3. The maximum Gasteiger partial charge on any atom is 0.271 e. The first kappa shape index (κ1) is 15.4. The smallest absolute Gasteiger partial charge is 0.267 e. The largest absolute Gasteiger partial charge is 0.271 e. The van der Waals surface area contributed by atoms with Crippen molar-refractivity contribution < 1.29 is 9.72 Å². The molecule has 0 bridgehead atoms. The van der Waals surface area contributed by atoms with E-state index in [1.54, 1.807) is 18.2 Å². The zero-order chi connectivity index (χ0) is 16.9. The fraction of sp³-hybridized carbons (Fsp3) is 0. The molecule has 3 rings (SSSR count). The van der Waals surface area contributed by atoms with Gasteiger partial charge >= 0.3 is 0 Å². The van der Waals surface area contributed by atoms with Gasteiger partial charge in [0, 0.05) is 23.3 Å². The van der Waals surface area contributed by atoms with E-state index in [-0.39, 0.29) is 11.6 Å². The van der Waals surface area contributed by atoms with E-state index in [4.69, 9.17) is 0 Å². The Bertz CT molecular complexity index is 946. The number of carbonyl (C=O) groups is 1. The molecule has 3 aromatic rings. The number of amides is 1. The summed E-state index contributed by atoms with van der Waals surface area (Å²) in [6.45, 7) is 0. The van der Waals surface area contributed by atoms with Crippen molar-refractivity contribution in [2.24, 2.45) is 5.10 Å². The van der Waals surface area contributed by atoms with Crippen molar-refractivity contribution >= 4 is 28.6 Å². The summed E-state index contributed by atoms with van der Waals surface area (Å²) in [5.74, 6) is -0.339. The van der Waals surface area contributed by atoms with Crippen molar-refractivity contribution in [1.29, 1.82) is 0 Å². The molecule has 0 aliphatic heterocycles. The molecule has 0 saturated carbocycles. The topological polar surface area (TPSA) is 84.6 Å². The SMILES string of the molecule is O=C(N/N=C\c1cccc([N+](=O)[O-])c1)c1cccc2ccccc12. The molecular weight excluding hydrogens is 306 g/mol. The Morgan fingerprint density at radius 3 is 2.62 bits per heavy atom. The summed E-state index contributed by atoms with van der Waals surface area (Å²) in [6.07, 6.45) is 1.37. The molecular formula is C18H13N3O3. The quantitative estimate of drug-likeness (QED) is 0.453. The summed E-state index contributed by atoms with van der Waals surface area (Å²) in [5, 5.41) is 16.4. The lowest BCUT2D eigenvalue weighted by atomic mass is 10.0. The number of non-ortho nitro benzene ring substituents is 1.